The van der Waals surface area contributed by atoms with Crippen LogP contribution in [-0.4, -0.2) is 26.2 Å². The second-order valence-electron chi connectivity index (χ2n) is 4.40. The summed E-state index contributed by atoms with van der Waals surface area (Å²) in [5.41, 5.74) is 2.52. The number of hydrogen-bond acceptors (Lipinski definition) is 5. The summed E-state index contributed by atoms with van der Waals surface area (Å²) in [6.07, 6.45) is -4.40. The fourth-order valence-corrected chi connectivity index (χ4v) is 2.53. The van der Waals surface area contributed by atoms with Crippen molar-refractivity contribution in [3.05, 3.63) is 27.5 Å². The average Bonchev–Trinajstić information content (AvgIpc) is 2.91. The maximum absolute atomic E-state index is 13.3. The fourth-order valence-electron chi connectivity index (χ4n) is 2.05. The van der Waals surface area contributed by atoms with Gasteiger partial charge in [-0.2, -0.15) is 18.3 Å². The second kappa shape index (κ2) is 5.49. The highest BCUT2D eigenvalue weighted by Crippen LogP contribution is 2.36. The molecule has 0 saturated heterocycles. The van der Waals surface area contributed by atoms with Crippen molar-refractivity contribution in [3.8, 4) is 0 Å². The van der Waals surface area contributed by atoms with Crippen LogP contribution in [0.3, 0.4) is 0 Å². The van der Waals surface area contributed by atoms with Crippen LogP contribution in [0.15, 0.2) is 5.51 Å². The second-order valence-corrected chi connectivity index (χ2v) is 5.31. The summed E-state index contributed by atoms with van der Waals surface area (Å²) in [6, 6.07) is -1.76. The van der Waals surface area contributed by atoms with Crippen molar-refractivity contribution >= 4 is 11.3 Å². The topological polar surface area (TPSA) is 55.6 Å². The van der Waals surface area contributed by atoms with Crippen LogP contribution in [0.5, 0.6) is 0 Å². The van der Waals surface area contributed by atoms with Crippen molar-refractivity contribution in [2.24, 2.45) is 7.05 Å². The molecule has 0 aliphatic carbocycles. The van der Waals surface area contributed by atoms with Gasteiger partial charge < -0.3 is 0 Å². The monoisotopic (exact) mass is 305 g/mol. The summed E-state index contributed by atoms with van der Waals surface area (Å²) in [4.78, 5) is 0. The predicted octanol–water partition coefficient (Wildman–Crippen LogP) is 2.28. The molecule has 0 amide bonds. The van der Waals surface area contributed by atoms with Crippen LogP contribution in [0, 0.1) is 13.8 Å². The number of nitrogens with one attached hydrogen (secondary N) is 1. The van der Waals surface area contributed by atoms with Crippen LogP contribution < -0.4 is 5.32 Å². The molecule has 2 heterocycles. The summed E-state index contributed by atoms with van der Waals surface area (Å²) in [5, 5.41) is 14.4. The highest BCUT2D eigenvalue weighted by atomic mass is 32.1. The normalized spacial score (nSPS) is 13.7. The molecule has 0 spiro atoms. The lowest BCUT2D eigenvalue weighted by Gasteiger charge is -2.22. The first-order valence-corrected chi connectivity index (χ1v) is 6.74. The van der Waals surface area contributed by atoms with E-state index in [1.807, 2.05) is 0 Å². The molecule has 2 aromatic heterocycles. The Labute approximate surface area is 117 Å². The van der Waals surface area contributed by atoms with E-state index < -0.39 is 12.2 Å². The number of aryl methyl sites for hydroxylation is 2. The molecule has 0 aliphatic heterocycles. The summed E-state index contributed by atoms with van der Waals surface area (Å²) in [5.74, 6) is 0. The highest BCUT2D eigenvalue weighted by Gasteiger charge is 2.43. The van der Waals surface area contributed by atoms with Crippen LogP contribution in [-0.2, 0) is 13.6 Å². The maximum atomic E-state index is 13.3. The van der Waals surface area contributed by atoms with Gasteiger partial charge in [0.15, 0.2) is 0 Å². The van der Waals surface area contributed by atoms with Crippen molar-refractivity contribution in [1.29, 1.82) is 0 Å². The zero-order valence-electron chi connectivity index (χ0n) is 11.2. The minimum atomic E-state index is -4.40. The lowest BCUT2D eigenvalue weighted by molar-refractivity contribution is -0.158. The van der Waals surface area contributed by atoms with Crippen LogP contribution >= 0.6 is 11.3 Å². The zero-order valence-corrected chi connectivity index (χ0v) is 12.0. The van der Waals surface area contributed by atoms with Gasteiger partial charge >= 0.3 is 6.18 Å². The summed E-state index contributed by atoms with van der Waals surface area (Å²) in [6.45, 7) is 3.22. The third-order valence-corrected chi connectivity index (χ3v) is 3.74. The quantitative estimate of drug-likeness (QED) is 0.941. The van der Waals surface area contributed by atoms with Gasteiger partial charge in [0, 0.05) is 18.3 Å². The highest BCUT2D eigenvalue weighted by molar-refractivity contribution is 7.09. The van der Waals surface area contributed by atoms with Crippen molar-refractivity contribution in [2.75, 3.05) is 0 Å². The predicted molar refractivity (Wildman–Crippen MR) is 68.2 cm³/mol. The van der Waals surface area contributed by atoms with Gasteiger partial charge in [0.05, 0.1) is 12.2 Å². The molecule has 2 rings (SSSR count). The summed E-state index contributed by atoms with van der Waals surface area (Å²) in [7, 11) is 1.63. The molecule has 1 N–H and O–H groups in total. The van der Waals surface area contributed by atoms with E-state index in [0.717, 1.165) is 0 Å². The van der Waals surface area contributed by atoms with Crippen LogP contribution in [0.4, 0.5) is 13.2 Å². The Bertz CT molecular complexity index is 576. The van der Waals surface area contributed by atoms with E-state index in [9.17, 15) is 13.2 Å². The Hall–Kier alpha value is -1.48. The van der Waals surface area contributed by atoms with Gasteiger partial charge in [-0.1, -0.05) is 0 Å². The first-order chi connectivity index (χ1) is 9.30. The molecule has 0 radical (unpaired) electrons. The number of hydrogen-bond donors (Lipinski definition) is 1. The largest absolute Gasteiger partial charge is 0.408 e. The van der Waals surface area contributed by atoms with E-state index >= 15 is 0 Å². The van der Waals surface area contributed by atoms with Gasteiger partial charge in [0.2, 0.25) is 0 Å². The molecule has 2 aromatic rings. The molecule has 20 heavy (non-hydrogen) atoms. The first-order valence-electron chi connectivity index (χ1n) is 5.86. The van der Waals surface area contributed by atoms with E-state index in [-0.39, 0.29) is 12.1 Å². The Morgan fingerprint density at radius 2 is 2.10 bits per heavy atom. The summed E-state index contributed by atoms with van der Waals surface area (Å²) < 4.78 is 41.3. The van der Waals surface area contributed by atoms with Gasteiger partial charge in [0.1, 0.15) is 16.6 Å². The van der Waals surface area contributed by atoms with Gasteiger partial charge in [-0.05, 0) is 13.8 Å². The van der Waals surface area contributed by atoms with Gasteiger partial charge in [-0.15, -0.1) is 21.5 Å². The fraction of sp³-hybridized carbons (Fsp3) is 0.545. The molecule has 1 unspecified atom stereocenters. The smallest absolute Gasteiger partial charge is 0.296 e. The van der Waals surface area contributed by atoms with Crippen molar-refractivity contribution in [1.82, 2.24) is 25.3 Å². The number of rotatable bonds is 4. The van der Waals surface area contributed by atoms with Crippen LogP contribution in [0.25, 0.3) is 0 Å². The molecule has 0 fully saturated rings. The molecule has 1 atom stereocenters. The van der Waals surface area contributed by atoms with Crippen LogP contribution in [0.2, 0.25) is 0 Å². The van der Waals surface area contributed by atoms with Gasteiger partial charge in [-0.25, -0.2) is 0 Å². The number of alkyl halides is 3. The Kier molecular flexibility index (Phi) is 4.09. The number of aromatic nitrogens is 4. The lowest BCUT2D eigenvalue weighted by atomic mass is 10.0. The van der Waals surface area contributed by atoms with E-state index in [1.54, 1.807) is 20.9 Å². The maximum Gasteiger partial charge on any atom is 0.408 e. The van der Waals surface area contributed by atoms with Crippen LogP contribution in [0.1, 0.15) is 28.0 Å². The molecule has 0 aromatic carbocycles. The van der Waals surface area contributed by atoms with E-state index in [0.29, 0.717) is 16.4 Å². The Balaban J connectivity index is 2.28. The number of halogens is 3. The molecule has 0 aliphatic rings. The minimum Gasteiger partial charge on any atom is -0.296 e. The molecular weight excluding hydrogens is 291 g/mol. The SMILES string of the molecule is Cc1nn(C)c(C)c1C(NCc1nncs1)C(F)(F)F. The van der Waals surface area contributed by atoms with Crippen molar-refractivity contribution < 1.29 is 13.2 Å². The van der Waals surface area contributed by atoms with E-state index in [1.165, 1.54) is 21.5 Å². The zero-order chi connectivity index (χ0) is 14.9. The van der Waals surface area contributed by atoms with Crippen molar-refractivity contribution in [2.45, 2.75) is 32.6 Å². The van der Waals surface area contributed by atoms with Gasteiger partial charge in [-0.3, -0.25) is 10.00 Å². The molecule has 0 saturated carbocycles. The Morgan fingerprint density at radius 1 is 1.40 bits per heavy atom. The molecule has 5 nitrogen and oxygen atoms in total. The van der Waals surface area contributed by atoms with E-state index in [2.05, 4.69) is 20.6 Å². The Morgan fingerprint density at radius 3 is 2.55 bits per heavy atom. The first kappa shape index (κ1) is 14.9. The van der Waals surface area contributed by atoms with Gasteiger partial charge in [0.25, 0.3) is 0 Å². The minimum absolute atomic E-state index is 0.0165. The average molecular weight is 305 g/mol. The summed E-state index contributed by atoms with van der Waals surface area (Å²) >= 11 is 1.21. The standard InChI is InChI=1S/C11H14F3N5S/c1-6-9(7(2)19(3)18-6)10(11(12,13)14)15-4-8-17-16-5-20-8/h5,10,15H,4H2,1-3H3. The third kappa shape index (κ3) is 2.98. The number of nitrogens with zero attached hydrogens (tertiary/aromatic N) is 4. The molecular formula is C11H14F3N5S. The molecule has 110 valence electrons. The lowest BCUT2D eigenvalue weighted by Crippen LogP contribution is -2.34. The molecule has 0 bridgehead atoms. The third-order valence-electron chi connectivity index (χ3n) is 3.04. The molecule has 9 heteroatoms. The van der Waals surface area contributed by atoms with Crippen molar-refractivity contribution in [3.63, 3.8) is 0 Å². The van der Waals surface area contributed by atoms with E-state index in [4.69, 9.17) is 0 Å².